The predicted molar refractivity (Wildman–Crippen MR) is 108 cm³/mol. The summed E-state index contributed by atoms with van der Waals surface area (Å²) >= 11 is 0. The van der Waals surface area contributed by atoms with Gasteiger partial charge in [0.2, 0.25) is 0 Å². The molecule has 0 N–H and O–H groups in total. The van der Waals surface area contributed by atoms with E-state index in [4.69, 9.17) is 0 Å². The highest BCUT2D eigenvalue weighted by atomic mass is 32.2. The fraction of sp³-hybridized carbons (Fsp3) is 0.350. The van der Waals surface area contributed by atoms with E-state index in [-0.39, 0.29) is 0 Å². The van der Waals surface area contributed by atoms with Gasteiger partial charge in [0.05, 0.1) is 17.3 Å². The number of hydrogen-bond donors (Lipinski definition) is 0. The molecule has 162 valence electrons. The van der Waals surface area contributed by atoms with Gasteiger partial charge in [0.25, 0.3) is 9.84 Å². The fourth-order valence-electron chi connectivity index (χ4n) is 3.18. The van der Waals surface area contributed by atoms with Gasteiger partial charge >= 0.3 is 5.51 Å². The quantitative estimate of drug-likeness (QED) is 0.685. The van der Waals surface area contributed by atoms with Gasteiger partial charge in [0, 0.05) is 36.9 Å². The average molecular weight is 440 g/mol. The second-order valence-electron chi connectivity index (χ2n) is 7.42. The van der Waals surface area contributed by atoms with Crippen LogP contribution in [0.2, 0.25) is 0 Å². The van der Waals surface area contributed by atoms with Gasteiger partial charge in [-0.3, -0.25) is 4.98 Å². The van der Waals surface area contributed by atoms with Crippen molar-refractivity contribution in [3.63, 3.8) is 0 Å². The zero-order valence-electron chi connectivity index (χ0n) is 16.9. The van der Waals surface area contributed by atoms with E-state index < -0.39 is 20.2 Å². The van der Waals surface area contributed by atoms with Crippen LogP contribution in [0.3, 0.4) is 0 Å². The Bertz CT molecular complexity index is 1030. The van der Waals surface area contributed by atoms with Gasteiger partial charge in [-0.25, -0.2) is 8.42 Å². The maximum Gasteiger partial charge on any atom is 0.501 e. The van der Waals surface area contributed by atoms with Crippen LogP contribution in [0.4, 0.5) is 18.9 Å². The minimum Gasteiger partial charge on any atom is -0.351 e. The Morgan fingerprint density at radius 1 is 1.13 bits per heavy atom. The fourth-order valence-corrected chi connectivity index (χ4v) is 3.94. The van der Waals surface area contributed by atoms with E-state index in [0.717, 1.165) is 35.6 Å². The van der Waals surface area contributed by atoms with Gasteiger partial charge in [-0.15, -0.1) is 0 Å². The van der Waals surface area contributed by atoms with Crippen LogP contribution < -0.4 is 4.90 Å². The van der Waals surface area contributed by atoms with Crippen molar-refractivity contribution >= 4 is 15.5 Å². The molecule has 2 heterocycles. The van der Waals surface area contributed by atoms with E-state index in [1.807, 2.05) is 49.2 Å². The minimum absolute atomic E-state index is 0.503. The smallest absolute Gasteiger partial charge is 0.351 e. The van der Waals surface area contributed by atoms with E-state index >= 15 is 0 Å². The first-order valence-corrected chi connectivity index (χ1v) is 10.7. The van der Waals surface area contributed by atoms with Crippen molar-refractivity contribution in [3.05, 3.63) is 65.7 Å². The molecule has 0 aliphatic carbocycles. The number of hydrogen-bond acceptors (Lipinski definition) is 6. The van der Waals surface area contributed by atoms with Crippen LogP contribution in [0.1, 0.15) is 18.2 Å². The van der Waals surface area contributed by atoms with Crippen molar-refractivity contribution in [2.24, 2.45) is 0 Å². The maximum absolute atomic E-state index is 12.7. The lowest BCUT2D eigenvalue weighted by Gasteiger charge is -2.23. The summed E-state index contributed by atoms with van der Waals surface area (Å²) in [5, 5.41) is 0. The van der Waals surface area contributed by atoms with Crippen LogP contribution in [0, 0.1) is 0 Å². The molecule has 10 heteroatoms. The molecular weight excluding hydrogens is 417 g/mol. The van der Waals surface area contributed by atoms with E-state index in [2.05, 4.69) is 9.88 Å². The van der Waals surface area contributed by atoms with Gasteiger partial charge in [-0.2, -0.15) is 13.2 Å². The third-order valence-corrected chi connectivity index (χ3v) is 6.18. The Morgan fingerprint density at radius 2 is 1.80 bits per heavy atom. The van der Waals surface area contributed by atoms with Crippen molar-refractivity contribution < 1.29 is 21.6 Å². The SMILES string of the molecule is CC1=CN(c2ccc(S(=O)(=O)C(F)(F)F)cc2)CN1Cc1ccnc(CN(C)C)c1. The summed E-state index contributed by atoms with van der Waals surface area (Å²) in [5.41, 5.74) is -1.64. The molecule has 3 rings (SSSR count). The molecule has 0 fully saturated rings. The van der Waals surface area contributed by atoms with E-state index in [9.17, 15) is 21.6 Å². The van der Waals surface area contributed by atoms with Crippen molar-refractivity contribution in [1.82, 2.24) is 14.8 Å². The molecule has 1 aromatic carbocycles. The van der Waals surface area contributed by atoms with Gasteiger partial charge in [-0.05, 0) is 63.0 Å². The molecule has 0 radical (unpaired) electrons. The van der Waals surface area contributed by atoms with Gasteiger partial charge in [0.1, 0.15) is 0 Å². The average Bonchev–Trinajstić information content (AvgIpc) is 3.01. The van der Waals surface area contributed by atoms with E-state index in [1.54, 1.807) is 6.20 Å². The van der Waals surface area contributed by atoms with Gasteiger partial charge in [-0.1, -0.05) is 0 Å². The Labute approximate surface area is 174 Å². The van der Waals surface area contributed by atoms with E-state index in [1.165, 1.54) is 12.1 Å². The highest BCUT2D eigenvalue weighted by Crippen LogP contribution is 2.32. The molecule has 1 aliphatic heterocycles. The number of alkyl halides is 3. The number of rotatable bonds is 6. The molecule has 0 amide bonds. The second kappa shape index (κ2) is 8.27. The van der Waals surface area contributed by atoms with E-state index in [0.29, 0.717) is 18.9 Å². The van der Waals surface area contributed by atoms with Crippen molar-refractivity contribution in [2.45, 2.75) is 30.4 Å². The zero-order chi connectivity index (χ0) is 22.1. The summed E-state index contributed by atoms with van der Waals surface area (Å²) in [5.74, 6) is 0. The van der Waals surface area contributed by atoms with Gasteiger partial charge in [0.15, 0.2) is 0 Å². The molecule has 0 bridgehead atoms. The number of anilines is 1. The molecule has 2 aromatic rings. The third-order valence-electron chi connectivity index (χ3n) is 4.68. The summed E-state index contributed by atoms with van der Waals surface area (Å²) in [4.78, 5) is 9.63. The first kappa shape index (κ1) is 22.1. The largest absolute Gasteiger partial charge is 0.501 e. The van der Waals surface area contributed by atoms with Crippen LogP contribution in [0.15, 0.2) is 59.4 Å². The summed E-state index contributed by atoms with van der Waals surface area (Å²) in [7, 11) is -1.39. The second-order valence-corrected chi connectivity index (χ2v) is 9.36. The normalized spacial score (nSPS) is 15.1. The number of pyridine rings is 1. The first-order valence-electron chi connectivity index (χ1n) is 9.17. The zero-order valence-corrected chi connectivity index (χ0v) is 17.7. The lowest BCUT2D eigenvalue weighted by Crippen LogP contribution is -2.26. The number of allylic oxidation sites excluding steroid dienone is 1. The molecule has 1 aliphatic rings. The highest BCUT2D eigenvalue weighted by molar-refractivity contribution is 7.92. The van der Waals surface area contributed by atoms with Crippen molar-refractivity contribution in [3.8, 4) is 0 Å². The number of benzene rings is 1. The molecule has 0 saturated heterocycles. The number of aromatic nitrogens is 1. The third kappa shape index (κ3) is 4.76. The van der Waals surface area contributed by atoms with Crippen LogP contribution in [0.25, 0.3) is 0 Å². The first-order chi connectivity index (χ1) is 14.0. The van der Waals surface area contributed by atoms with Gasteiger partial charge < -0.3 is 14.7 Å². The molecule has 6 nitrogen and oxygen atoms in total. The van der Waals surface area contributed by atoms with Crippen LogP contribution >= 0.6 is 0 Å². The standard InChI is InChI=1S/C20H23F3N4O2S/c1-15-11-27(18-4-6-19(7-5-18)30(28,29)20(21,22)23)14-26(15)12-16-8-9-24-17(10-16)13-25(2)3/h4-11H,12-14H2,1-3H3. The van der Waals surface area contributed by atoms with Crippen LogP contribution in [-0.4, -0.2) is 49.5 Å². The molecule has 0 spiro atoms. The molecule has 0 saturated carbocycles. The molecule has 1 aromatic heterocycles. The molecule has 0 atom stereocenters. The minimum atomic E-state index is -5.35. The maximum atomic E-state index is 12.7. The predicted octanol–water partition coefficient (Wildman–Crippen LogP) is 3.58. The Hall–Kier alpha value is -2.59. The Morgan fingerprint density at radius 3 is 2.40 bits per heavy atom. The topological polar surface area (TPSA) is 56.8 Å². The monoisotopic (exact) mass is 440 g/mol. The number of sulfone groups is 1. The summed E-state index contributed by atoms with van der Waals surface area (Å²) in [6.45, 7) is 3.84. The Kier molecular flexibility index (Phi) is 6.09. The summed E-state index contributed by atoms with van der Waals surface area (Å²) in [6.07, 6.45) is 3.66. The van der Waals surface area contributed by atoms with Crippen LogP contribution in [-0.2, 0) is 22.9 Å². The van der Waals surface area contributed by atoms with Crippen LogP contribution in [0.5, 0.6) is 0 Å². The van der Waals surface area contributed by atoms with Crippen molar-refractivity contribution in [1.29, 1.82) is 0 Å². The highest BCUT2D eigenvalue weighted by Gasteiger charge is 2.46. The lowest BCUT2D eigenvalue weighted by molar-refractivity contribution is -0.0436. The summed E-state index contributed by atoms with van der Waals surface area (Å²) in [6, 6.07) is 8.74. The number of halogens is 3. The lowest BCUT2D eigenvalue weighted by atomic mass is 10.2. The van der Waals surface area contributed by atoms with Crippen molar-refractivity contribution in [2.75, 3.05) is 25.7 Å². The molecule has 0 unspecified atom stereocenters. The molecular formula is C20H23F3N4O2S. The summed E-state index contributed by atoms with van der Waals surface area (Å²) < 4.78 is 61.2. The molecule has 30 heavy (non-hydrogen) atoms. The Balaban J connectivity index is 1.71. The number of nitrogens with zero attached hydrogens (tertiary/aromatic N) is 4.